The number of thioether (sulfide) groups is 1. The number of amides is 2. The Hall–Kier alpha value is -1.98. The van der Waals surface area contributed by atoms with Gasteiger partial charge in [0, 0.05) is 35.5 Å². The van der Waals surface area contributed by atoms with Gasteiger partial charge in [-0.25, -0.2) is 0 Å². The van der Waals surface area contributed by atoms with Gasteiger partial charge in [-0.15, -0.1) is 0 Å². The van der Waals surface area contributed by atoms with Crippen LogP contribution in [0, 0.1) is 0 Å². The summed E-state index contributed by atoms with van der Waals surface area (Å²) in [6, 6.07) is 17.4. The largest absolute Gasteiger partial charge is 0.352 e. The zero-order valence-corrected chi connectivity index (χ0v) is 19.6. The van der Waals surface area contributed by atoms with Gasteiger partial charge in [0.2, 0.25) is 11.8 Å². The fourth-order valence-electron chi connectivity index (χ4n) is 3.87. The van der Waals surface area contributed by atoms with Crippen molar-refractivity contribution in [3.05, 3.63) is 70.7 Å². The second kappa shape index (κ2) is 12.2. The van der Waals surface area contributed by atoms with E-state index in [-0.39, 0.29) is 17.9 Å². The first kappa shape index (κ1) is 23.7. The van der Waals surface area contributed by atoms with Crippen LogP contribution in [0.5, 0.6) is 0 Å². The molecule has 0 radical (unpaired) electrons. The Bertz CT molecular complexity index is 856. The van der Waals surface area contributed by atoms with Crippen LogP contribution < -0.4 is 5.32 Å². The molecule has 3 rings (SSSR count). The smallest absolute Gasteiger partial charge is 0.242 e. The molecule has 4 nitrogen and oxygen atoms in total. The highest BCUT2D eigenvalue weighted by Gasteiger charge is 2.28. The molecule has 2 aromatic carbocycles. The van der Waals surface area contributed by atoms with E-state index in [1.807, 2.05) is 49.4 Å². The number of hydrogen-bond donors (Lipinski definition) is 1. The molecule has 1 atom stereocenters. The summed E-state index contributed by atoms with van der Waals surface area (Å²) in [5.74, 6) is 1.52. The van der Waals surface area contributed by atoms with Crippen molar-refractivity contribution in [1.82, 2.24) is 10.2 Å². The lowest BCUT2D eigenvalue weighted by molar-refractivity contribution is -0.140. The lowest BCUT2D eigenvalue weighted by Crippen LogP contribution is -2.49. The first-order valence-electron chi connectivity index (χ1n) is 11.0. The van der Waals surface area contributed by atoms with Crippen LogP contribution in [0.1, 0.15) is 50.2 Å². The SMILES string of the molecule is CC(C(=O)NC1CCCC1)N(Cc1cccc(Cl)c1)C(=O)CCSCc1ccccc1. The number of nitrogens with zero attached hydrogens (tertiary/aromatic N) is 1. The van der Waals surface area contributed by atoms with Crippen LogP contribution in [0.2, 0.25) is 5.02 Å². The van der Waals surface area contributed by atoms with Crippen molar-refractivity contribution < 1.29 is 9.59 Å². The van der Waals surface area contributed by atoms with Crippen LogP contribution in [-0.2, 0) is 21.9 Å². The summed E-state index contributed by atoms with van der Waals surface area (Å²) in [4.78, 5) is 27.7. The summed E-state index contributed by atoms with van der Waals surface area (Å²) < 4.78 is 0. The molecule has 166 valence electrons. The summed E-state index contributed by atoms with van der Waals surface area (Å²) in [6.45, 7) is 2.20. The van der Waals surface area contributed by atoms with Gasteiger partial charge in [0.25, 0.3) is 0 Å². The molecule has 1 saturated carbocycles. The number of carbonyl (C=O) groups excluding carboxylic acids is 2. The first-order valence-corrected chi connectivity index (χ1v) is 12.5. The zero-order valence-electron chi connectivity index (χ0n) is 18.1. The Morgan fingerprint density at radius 1 is 1.10 bits per heavy atom. The highest BCUT2D eigenvalue weighted by molar-refractivity contribution is 7.98. The molecule has 1 N–H and O–H groups in total. The molecule has 2 amide bonds. The van der Waals surface area contributed by atoms with Crippen LogP contribution in [0.4, 0.5) is 0 Å². The number of carbonyl (C=O) groups is 2. The maximum absolute atomic E-state index is 13.1. The van der Waals surface area contributed by atoms with Crippen LogP contribution >= 0.6 is 23.4 Å². The number of benzene rings is 2. The van der Waals surface area contributed by atoms with Gasteiger partial charge in [-0.1, -0.05) is 66.9 Å². The van der Waals surface area contributed by atoms with E-state index in [9.17, 15) is 9.59 Å². The van der Waals surface area contributed by atoms with E-state index in [2.05, 4.69) is 17.4 Å². The minimum Gasteiger partial charge on any atom is -0.352 e. The van der Waals surface area contributed by atoms with Gasteiger partial charge in [-0.05, 0) is 43.0 Å². The lowest BCUT2D eigenvalue weighted by atomic mass is 10.1. The van der Waals surface area contributed by atoms with Crippen molar-refractivity contribution in [2.75, 3.05) is 5.75 Å². The van der Waals surface area contributed by atoms with Gasteiger partial charge in [0.15, 0.2) is 0 Å². The van der Waals surface area contributed by atoms with Gasteiger partial charge < -0.3 is 10.2 Å². The molecule has 0 heterocycles. The van der Waals surface area contributed by atoms with E-state index in [4.69, 9.17) is 11.6 Å². The Kier molecular flexibility index (Phi) is 9.29. The van der Waals surface area contributed by atoms with Crippen molar-refractivity contribution in [3.63, 3.8) is 0 Å². The standard InChI is InChI=1S/C25H31ClN2O2S/c1-19(25(30)27-23-12-5-6-13-23)28(17-21-10-7-11-22(26)16-21)24(29)14-15-31-18-20-8-3-2-4-9-20/h2-4,7-11,16,19,23H,5-6,12-15,17-18H2,1H3,(H,27,30). The summed E-state index contributed by atoms with van der Waals surface area (Å²) in [7, 11) is 0. The van der Waals surface area contributed by atoms with Crippen LogP contribution in [-0.4, -0.2) is 34.6 Å². The third kappa shape index (κ3) is 7.58. The van der Waals surface area contributed by atoms with Gasteiger partial charge in [0.05, 0.1) is 0 Å². The molecule has 0 saturated heterocycles. The average Bonchev–Trinajstić information content (AvgIpc) is 3.28. The molecule has 0 spiro atoms. The molecular weight excluding hydrogens is 428 g/mol. The summed E-state index contributed by atoms with van der Waals surface area (Å²) in [6.07, 6.45) is 4.76. The predicted octanol–water partition coefficient (Wildman–Crippen LogP) is 5.44. The lowest BCUT2D eigenvalue weighted by Gasteiger charge is -2.30. The fourth-order valence-corrected chi connectivity index (χ4v) is 4.98. The van der Waals surface area contributed by atoms with Crippen molar-refractivity contribution >= 4 is 35.2 Å². The molecule has 0 bridgehead atoms. The van der Waals surface area contributed by atoms with Gasteiger partial charge >= 0.3 is 0 Å². The molecule has 0 aliphatic heterocycles. The monoisotopic (exact) mass is 458 g/mol. The maximum atomic E-state index is 13.1. The second-order valence-corrected chi connectivity index (χ2v) is 9.65. The normalized spacial score (nSPS) is 14.9. The number of halogens is 1. The third-order valence-electron chi connectivity index (χ3n) is 5.68. The number of hydrogen-bond acceptors (Lipinski definition) is 3. The van der Waals surface area contributed by atoms with Crippen molar-refractivity contribution in [3.8, 4) is 0 Å². The summed E-state index contributed by atoms with van der Waals surface area (Å²) in [5, 5.41) is 3.77. The molecule has 1 aliphatic carbocycles. The third-order valence-corrected chi connectivity index (χ3v) is 6.95. The first-order chi connectivity index (χ1) is 15.0. The molecule has 1 aliphatic rings. The predicted molar refractivity (Wildman–Crippen MR) is 129 cm³/mol. The van der Waals surface area contributed by atoms with E-state index in [0.717, 1.165) is 42.8 Å². The molecule has 0 aromatic heterocycles. The Balaban J connectivity index is 1.60. The molecular formula is C25H31ClN2O2S. The second-order valence-electron chi connectivity index (χ2n) is 8.11. The van der Waals surface area contributed by atoms with E-state index < -0.39 is 6.04 Å². The average molecular weight is 459 g/mol. The molecule has 1 unspecified atom stereocenters. The highest BCUT2D eigenvalue weighted by Crippen LogP contribution is 2.20. The maximum Gasteiger partial charge on any atom is 0.242 e. The summed E-state index contributed by atoms with van der Waals surface area (Å²) >= 11 is 7.88. The number of rotatable bonds is 10. The van der Waals surface area contributed by atoms with Crippen molar-refractivity contribution in [1.29, 1.82) is 0 Å². The van der Waals surface area contributed by atoms with Crippen molar-refractivity contribution in [2.45, 2.75) is 63.4 Å². The quantitative estimate of drug-likeness (QED) is 0.482. The van der Waals surface area contributed by atoms with E-state index in [1.54, 1.807) is 16.7 Å². The minimum atomic E-state index is -0.522. The zero-order chi connectivity index (χ0) is 22.1. The minimum absolute atomic E-state index is 0.00499. The van der Waals surface area contributed by atoms with Crippen LogP contribution in [0.25, 0.3) is 0 Å². The van der Waals surface area contributed by atoms with Crippen molar-refractivity contribution in [2.24, 2.45) is 0 Å². The van der Waals surface area contributed by atoms with Crippen LogP contribution in [0.3, 0.4) is 0 Å². The van der Waals surface area contributed by atoms with Gasteiger partial charge in [-0.2, -0.15) is 11.8 Å². The molecule has 1 fully saturated rings. The van der Waals surface area contributed by atoms with E-state index in [0.29, 0.717) is 18.0 Å². The Morgan fingerprint density at radius 2 is 1.81 bits per heavy atom. The molecule has 31 heavy (non-hydrogen) atoms. The van der Waals surface area contributed by atoms with E-state index >= 15 is 0 Å². The van der Waals surface area contributed by atoms with Gasteiger partial charge in [0.1, 0.15) is 6.04 Å². The van der Waals surface area contributed by atoms with Crippen LogP contribution in [0.15, 0.2) is 54.6 Å². The number of nitrogens with one attached hydrogen (secondary N) is 1. The van der Waals surface area contributed by atoms with Gasteiger partial charge in [-0.3, -0.25) is 9.59 Å². The fraction of sp³-hybridized carbons (Fsp3) is 0.440. The van der Waals surface area contributed by atoms with E-state index in [1.165, 1.54) is 5.56 Å². The topological polar surface area (TPSA) is 49.4 Å². The Labute approximate surface area is 194 Å². The Morgan fingerprint density at radius 3 is 2.52 bits per heavy atom. The summed E-state index contributed by atoms with van der Waals surface area (Å²) in [5.41, 5.74) is 2.18. The highest BCUT2D eigenvalue weighted by atomic mass is 35.5. The molecule has 2 aromatic rings. The molecule has 6 heteroatoms.